The Morgan fingerprint density at radius 3 is 2.32 bits per heavy atom. The molecule has 0 unspecified atom stereocenters. The van der Waals surface area contributed by atoms with E-state index in [4.69, 9.17) is 5.73 Å². The van der Waals surface area contributed by atoms with Gasteiger partial charge in [-0.05, 0) is 50.3 Å². The fourth-order valence-corrected chi connectivity index (χ4v) is 2.21. The molecule has 0 aliphatic heterocycles. The number of benzene rings is 1. The molecule has 0 radical (unpaired) electrons. The van der Waals surface area contributed by atoms with E-state index in [1.807, 2.05) is 0 Å². The first kappa shape index (κ1) is 18.2. The molecule has 0 fully saturated rings. The summed E-state index contributed by atoms with van der Waals surface area (Å²) in [6.45, 7) is 10.2. The highest BCUT2D eigenvalue weighted by Crippen LogP contribution is 2.16. The second-order valence-corrected chi connectivity index (χ2v) is 4.82. The number of nitrogens with two attached hydrogens (primary N) is 1. The molecule has 108 valence electrons. The van der Waals surface area contributed by atoms with Gasteiger partial charge in [-0.1, -0.05) is 24.6 Å². The average Bonchev–Trinajstić information content (AvgIpc) is 2.29. The minimum absolute atomic E-state index is 0. The van der Waals surface area contributed by atoms with Crippen molar-refractivity contribution in [2.75, 3.05) is 13.1 Å². The van der Waals surface area contributed by atoms with Gasteiger partial charge in [0.15, 0.2) is 5.96 Å². The third kappa shape index (κ3) is 6.27. The Bertz CT molecular complexity index is 404. The highest BCUT2D eigenvalue weighted by atomic mass is 127. The van der Waals surface area contributed by atoms with E-state index in [1.54, 1.807) is 0 Å². The number of nitrogens with one attached hydrogen (secondary N) is 1. The van der Waals surface area contributed by atoms with Gasteiger partial charge in [0.2, 0.25) is 0 Å². The molecule has 3 N–H and O–H groups in total. The summed E-state index contributed by atoms with van der Waals surface area (Å²) < 4.78 is 0. The van der Waals surface area contributed by atoms with Gasteiger partial charge in [-0.25, -0.2) is 0 Å². The van der Waals surface area contributed by atoms with Gasteiger partial charge in [-0.2, -0.15) is 0 Å². The smallest absolute Gasteiger partial charge is 0.188 e. The Kier molecular flexibility index (Phi) is 8.80. The molecule has 0 spiro atoms. The zero-order valence-electron chi connectivity index (χ0n) is 12.4. The van der Waals surface area contributed by atoms with Crippen molar-refractivity contribution in [2.45, 2.75) is 40.5 Å². The lowest BCUT2D eigenvalue weighted by Gasteiger charge is -2.12. The van der Waals surface area contributed by atoms with Gasteiger partial charge >= 0.3 is 0 Å². The number of hydrogen-bond acceptors (Lipinski definition) is 1. The van der Waals surface area contributed by atoms with Crippen LogP contribution in [-0.2, 0) is 6.42 Å². The van der Waals surface area contributed by atoms with E-state index in [1.165, 1.54) is 22.3 Å². The zero-order chi connectivity index (χ0) is 13.5. The number of aliphatic imine (C=N–C) groups is 1. The normalized spacial score (nSPS) is 11.1. The molecular formula is C15H26IN3. The summed E-state index contributed by atoms with van der Waals surface area (Å²) in [4.78, 5) is 4.22. The minimum atomic E-state index is 0. The molecule has 0 heterocycles. The molecule has 0 aliphatic rings. The molecule has 0 saturated carbocycles. The van der Waals surface area contributed by atoms with Crippen molar-refractivity contribution < 1.29 is 0 Å². The molecule has 0 bridgehead atoms. The van der Waals surface area contributed by atoms with Gasteiger partial charge in [-0.3, -0.25) is 4.99 Å². The molecule has 0 saturated heterocycles. The van der Waals surface area contributed by atoms with Crippen LogP contribution in [0.3, 0.4) is 0 Å². The van der Waals surface area contributed by atoms with Crippen molar-refractivity contribution in [1.29, 1.82) is 0 Å². The largest absolute Gasteiger partial charge is 0.370 e. The second-order valence-electron chi connectivity index (χ2n) is 4.82. The van der Waals surface area contributed by atoms with E-state index in [2.05, 4.69) is 50.1 Å². The van der Waals surface area contributed by atoms with Gasteiger partial charge in [0.05, 0.1) is 0 Å². The second kappa shape index (κ2) is 9.18. The number of halogens is 1. The van der Waals surface area contributed by atoms with Crippen LogP contribution in [-0.4, -0.2) is 19.0 Å². The Balaban J connectivity index is 0.00000324. The number of nitrogens with zero attached hydrogens (tertiary/aromatic N) is 1. The van der Waals surface area contributed by atoms with E-state index >= 15 is 0 Å². The van der Waals surface area contributed by atoms with E-state index in [0.29, 0.717) is 5.96 Å². The summed E-state index contributed by atoms with van der Waals surface area (Å²) >= 11 is 0. The van der Waals surface area contributed by atoms with Crippen LogP contribution >= 0.6 is 24.0 Å². The lowest BCUT2D eigenvalue weighted by Crippen LogP contribution is -2.33. The average molecular weight is 375 g/mol. The Hall–Kier alpha value is -0.780. The van der Waals surface area contributed by atoms with Crippen LogP contribution in [0.5, 0.6) is 0 Å². The molecule has 3 nitrogen and oxygen atoms in total. The first-order valence-electron chi connectivity index (χ1n) is 6.65. The van der Waals surface area contributed by atoms with Crippen LogP contribution in [0.4, 0.5) is 0 Å². The van der Waals surface area contributed by atoms with Crippen LogP contribution in [0.1, 0.15) is 35.6 Å². The molecule has 19 heavy (non-hydrogen) atoms. The maximum Gasteiger partial charge on any atom is 0.188 e. The van der Waals surface area contributed by atoms with E-state index in [-0.39, 0.29) is 24.0 Å². The third-order valence-corrected chi connectivity index (χ3v) is 3.03. The van der Waals surface area contributed by atoms with Crippen molar-refractivity contribution in [3.8, 4) is 0 Å². The van der Waals surface area contributed by atoms with Crippen LogP contribution in [0.15, 0.2) is 17.1 Å². The van der Waals surface area contributed by atoms with Crippen molar-refractivity contribution in [3.63, 3.8) is 0 Å². The van der Waals surface area contributed by atoms with Crippen LogP contribution in [0.2, 0.25) is 0 Å². The van der Waals surface area contributed by atoms with Gasteiger partial charge in [0.25, 0.3) is 0 Å². The van der Waals surface area contributed by atoms with Crippen molar-refractivity contribution >= 4 is 29.9 Å². The number of rotatable bonds is 5. The van der Waals surface area contributed by atoms with E-state index < -0.39 is 0 Å². The minimum Gasteiger partial charge on any atom is -0.370 e. The standard InChI is InChI=1S/C15H25N3.HI/c1-5-7-17-15(16)18-8-6-14-12(3)9-11(2)10-13(14)4;/h9-10H,5-8H2,1-4H3,(H3,16,17,18);1H. The fourth-order valence-electron chi connectivity index (χ4n) is 2.21. The van der Waals surface area contributed by atoms with Gasteiger partial charge in [0, 0.05) is 13.1 Å². The van der Waals surface area contributed by atoms with Crippen LogP contribution in [0, 0.1) is 20.8 Å². The fraction of sp³-hybridized carbons (Fsp3) is 0.533. The summed E-state index contributed by atoms with van der Waals surface area (Å²) in [7, 11) is 0. The SMILES string of the molecule is CCCN=C(N)NCCc1c(C)cc(C)cc1C.I. The summed E-state index contributed by atoms with van der Waals surface area (Å²) in [6.07, 6.45) is 2.01. The van der Waals surface area contributed by atoms with E-state index in [9.17, 15) is 0 Å². The van der Waals surface area contributed by atoms with Crippen LogP contribution < -0.4 is 11.1 Å². The lowest BCUT2D eigenvalue weighted by atomic mass is 9.97. The zero-order valence-corrected chi connectivity index (χ0v) is 14.7. The van der Waals surface area contributed by atoms with Gasteiger partial charge in [-0.15, -0.1) is 24.0 Å². The molecule has 0 aliphatic carbocycles. The van der Waals surface area contributed by atoms with Crippen molar-refractivity contribution in [1.82, 2.24) is 5.32 Å². The lowest BCUT2D eigenvalue weighted by molar-refractivity contribution is 0.831. The number of guanidine groups is 1. The monoisotopic (exact) mass is 375 g/mol. The first-order valence-corrected chi connectivity index (χ1v) is 6.65. The quantitative estimate of drug-likeness (QED) is 0.472. The number of aryl methyl sites for hydroxylation is 3. The Morgan fingerprint density at radius 1 is 1.21 bits per heavy atom. The first-order chi connectivity index (χ1) is 8.54. The maximum atomic E-state index is 5.76. The highest BCUT2D eigenvalue weighted by molar-refractivity contribution is 14.0. The molecule has 0 atom stereocenters. The molecule has 1 aromatic rings. The van der Waals surface area contributed by atoms with Crippen molar-refractivity contribution in [3.05, 3.63) is 34.4 Å². The molecule has 0 amide bonds. The molecule has 0 aromatic heterocycles. The predicted molar refractivity (Wildman–Crippen MR) is 94.6 cm³/mol. The Morgan fingerprint density at radius 2 is 1.79 bits per heavy atom. The Labute approximate surface area is 134 Å². The van der Waals surface area contributed by atoms with Gasteiger partial charge < -0.3 is 11.1 Å². The summed E-state index contributed by atoms with van der Waals surface area (Å²) in [5, 5.41) is 3.16. The summed E-state index contributed by atoms with van der Waals surface area (Å²) in [5.74, 6) is 0.555. The third-order valence-electron chi connectivity index (χ3n) is 3.03. The van der Waals surface area contributed by atoms with Gasteiger partial charge in [0.1, 0.15) is 0 Å². The maximum absolute atomic E-state index is 5.76. The topological polar surface area (TPSA) is 50.4 Å². The number of hydrogen-bond donors (Lipinski definition) is 2. The molecular weight excluding hydrogens is 349 g/mol. The summed E-state index contributed by atoms with van der Waals surface area (Å²) in [5.41, 5.74) is 11.2. The van der Waals surface area contributed by atoms with Crippen molar-refractivity contribution in [2.24, 2.45) is 10.7 Å². The molecule has 1 aromatic carbocycles. The summed E-state index contributed by atoms with van der Waals surface area (Å²) in [6, 6.07) is 4.47. The predicted octanol–water partition coefficient (Wildman–Crippen LogP) is 3.09. The molecule has 4 heteroatoms. The highest BCUT2D eigenvalue weighted by Gasteiger charge is 2.03. The van der Waals surface area contributed by atoms with Crippen LogP contribution in [0.25, 0.3) is 0 Å². The molecule has 1 rings (SSSR count). The van der Waals surface area contributed by atoms with E-state index in [0.717, 1.165) is 25.9 Å².